The Hall–Kier alpha value is -3.13. The summed E-state index contributed by atoms with van der Waals surface area (Å²) in [6.45, 7) is 3.63. The molecule has 0 bridgehead atoms. The number of rotatable bonds is 7. The minimum atomic E-state index is -3.49. The Bertz CT molecular complexity index is 1180. The summed E-state index contributed by atoms with van der Waals surface area (Å²) < 4.78 is 44.7. The largest absolute Gasteiger partial charge is 0.497 e. The van der Waals surface area contributed by atoms with Crippen molar-refractivity contribution in [1.29, 1.82) is 0 Å². The molecule has 1 heterocycles. The second kappa shape index (κ2) is 8.31. The van der Waals surface area contributed by atoms with Crippen LogP contribution in [0.1, 0.15) is 45.7 Å². The van der Waals surface area contributed by atoms with Crippen LogP contribution >= 0.6 is 0 Å². The van der Waals surface area contributed by atoms with Crippen LogP contribution in [-0.2, 0) is 10.0 Å². The van der Waals surface area contributed by atoms with Crippen molar-refractivity contribution < 1.29 is 22.3 Å². The molecular weight excluding hydrogens is 407 g/mol. The highest BCUT2D eigenvalue weighted by atomic mass is 32.2. The number of aryl methyl sites for hydroxylation is 1. The molecular formula is C22H23FN2O4S. The predicted octanol–water partition coefficient (Wildman–Crippen LogP) is 4.23. The lowest BCUT2D eigenvalue weighted by Crippen LogP contribution is -2.10. The van der Waals surface area contributed by atoms with Gasteiger partial charge in [-0.05, 0) is 60.5 Å². The van der Waals surface area contributed by atoms with Gasteiger partial charge in [-0.2, -0.15) is 0 Å². The van der Waals surface area contributed by atoms with Gasteiger partial charge in [0.05, 0.1) is 24.7 Å². The lowest BCUT2D eigenvalue weighted by molar-refractivity contribution is 0.103. The molecule has 30 heavy (non-hydrogen) atoms. The van der Waals surface area contributed by atoms with Crippen molar-refractivity contribution in [3.63, 3.8) is 0 Å². The maximum Gasteiger partial charge on any atom is 0.229 e. The maximum absolute atomic E-state index is 14.6. The molecule has 2 N–H and O–H groups in total. The molecule has 0 aliphatic heterocycles. The molecule has 0 aliphatic carbocycles. The van der Waals surface area contributed by atoms with E-state index in [1.54, 1.807) is 31.4 Å². The molecule has 0 saturated heterocycles. The topological polar surface area (TPSA) is 88.3 Å². The van der Waals surface area contributed by atoms with Crippen LogP contribution in [0.4, 0.5) is 10.1 Å². The van der Waals surface area contributed by atoms with Gasteiger partial charge >= 0.3 is 0 Å². The average Bonchev–Trinajstić information content (AvgIpc) is 3.07. The SMILES string of the molecule is COc1ccc(C(=O)c2[nH]c(C(C)c3ccc(NS(C)(=O)=O)cc3F)cc2C)cc1. The molecule has 6 nitrogen and oxygen atoms in total. The number of ketones is 1. The highest BCUT2D eigenvalue weighted by Gasteiger charge is 2.20. The van der Waals surface area contributed by atoms with E-state index in [1.165, 1.54) is 12.1 Å². The van der Waals surface area contributed by atoms with Crippen LogP contribution in [0.5, 0.6) is 5.75 Å². The van der Waals surface area contributed by atoms with Gasteiger partial charge in [0.25, 0.3) is 0 Å². The first-order valence-corrected chi connectivity index (χ1v) is 11.1. The number of ether oxygens (including phenoxy) is 1. The van der Waals surface area contributed by atoms with Crippen LogP contribution < -0.4 is 9.46 Å². The number of hydrogen-bond acceptors (Lipinski definition) is 4. The second-order valence-corrected chi connectivity index (χ2v) is 8.92. The van der Waals surface area contributed by atoms with Crippen LogP contribution in [0.25, 0.3) is 0 Å². The van der Waals surface area contributed by atoms with Crippen molar-refractivity contribution in [2.75, 3.05) is 18.1 Å². The standard InChI is InChI=1S/C22H23FN2O4S/c1-13-11-20(24-21(13)22(26)15-5-8-17(29-3)9-6-15)14(2)18-10-7-16(12-19(18)23)25-30(4,27)28/h5-12,14,24-25H,1-4H3. The summed E-state index contributed by atoms with van der Waals surface area (Å²) in [5.74, 6) is -0.407. The molecule has 1 unspecified atom stereocenters. The molecule has 0 amide bonds. The summed E-state index contributed by atoms with van der Waals surface area (Å²) in [7, 11) is -1.93. The zero-order chi connectivity index (χ0) is 22.1. The van der Waals surface area contributed by atoms with E-state index in [1.807, 2.05) is 19.9 Å². The summed E-state index contributed by atoms with van der Waals surface area (Å²) in [4.78, 5) is 16.0. The molecule has 0 aliphatic rings. The molecule has 1 atom stereocenters. The summed E-state index contributed by atoms with van der Waals surface area (Å²) in [5, 5.41) is 0. The Labute approximate surface area is 175 Å². The van der Waals surface area contributed by atoms with Crippen molar-refractivity contribution in [1.82, 2.24) is 4.98 Å². The fourth-order valence-corrected chi connectivity index (χ4v) is 3.82. The third-order valence-corrected chi connectivity index (χ3v) is 5.46. The molecule has 0 fully saturated rings. The van der Waals surface area contributed by atoms with E-state index in [0.29, 0.717) is 28.3 Å². The monoisotopic (exact) mass is 430 g/mol. The van der Waals surface area contributed by atoms with Crippen LogP contribution in [0.3, 0.4) is 0 Å². The maximum atomic E-state index is 14.6. The number of anilines is 1. The van der Waals surface area contributed by atoms with Crippen molar-refractivity contribution in [3.8, 4) is 5.75 Å². The van der Waals surface area contributed by atoms with E-state index < -0.39 is 15.8 Å². The summed E-state index contributed by atoms with van der Waals surface area (Å²) in [6, 6.07) is 12.8. The van der Waals surface area contributed by atoms with Crippen LogP contribution in [-0.4, -0.2) is 32.6 Å². The molecule has 8 heteroatoms. The van der Waals surface area contributed by atoms with Crippen molar-refractivity contribution in [3.05, 3.63) is 82.4 Å². The van der Waals surface area contributed by atoms with E-state index >= 15 is 0 Å². The molecule has 1 aromatic heterocycles. The van der Waals surface area contributed by atoms with Gasteiger partial charge in [0.2, 0.25) is 15.8 Å². The Morgan fingerprint density at radius 2 is 1.80 bits per heavy atom. The van der Waals surface area contributed by atoms with E-state index in [2.05, 4.69) is 9.71 Å². The van der Waals surface area contributed by atoms with Gasteiger partial charge in [0.1, 0.15) is 11.6 Å². The van der Waals surface area contributed by atoms with Gasteiger partial charge in [-0.3, -0.25) is 9.52 Å². The first kappa shape index (κ1) is 21.6. The van der Waals surface area contributed by atoms with Crippen molar-refractivity contribution in [2.45, 2.75) is 19.8 Å². The van der Waals surface area contributed by atoms with E-state index in [9.17, 15) is 17.6 Å². The van der Waals surface area contributed by atoms with E-state index in [-0.39, 0.29) is 17.4 Å². The van der Waals surface area contributed by atoms with Gasteiger partial charge in [0, 0.05) is 17.2 Å². The predicted molar refractivity (Wildman–Crippen MR) is 114 cm³/mol. The minimum Gasteiger partial charge on any atom is -0.497 e. The lowest BCUT2D eigenvalue weighted by atomic mass is 9.97. The number of carbonyl (C=O) groups excluding carboxylic acids is 1. The smallest absolute Gasteiger partial charge is 0.229 e. The molecule has 3 aromatic rings. The molecule has 3 rings (SSSR count). The third-order valence-electron chi connectivity index (χ3n) is 4.85. The number of methoxy groups -OCH3 is 1. The summed E-state index contributed by atoms with van der Waals surface area (Å²) in [6.07, 6.45) is 1.00. The van der Waals surface area contributed by atoms with Gasteiger partial charge in [0.15, 0.2) is 0 Å². The number of aromatic amines is 1. The highest BCUT2D eigenvalue weighted by molar-refractivity contribution is 7.92. The number of benzene rings is 2. The Morgan fingerprint density at radius 3 is 2.37 bits per heavy atom. The van der Waals surface area contributed by atoms with Crippen molar-refractivity contribution >= 4 is 21.5 Å². The quantitative estimate of drug-likeness (QED) is 0.549. The number of halogens is 1. The fourth-order valence-electron chi connectivity index (χ4n) is 3.26. The fraction of sp³-hybridized carbons (Fsp3) is 0.227. The number of aromatic nitrogens is 1. The Kier molecular flexibility index (Phi) is 5.98. The van der Waals surface area contributed by atoms with Crippen molar-refractivity contribution in [2.24, 2.45) is 0 Å². The Morgan fingerprint density at radius 1 is 1.13 bits per heavy atom. The van der Waals surface area contributed by atoms with E-state index in [0.717, 1.165) is 17.9 Å². The summed E-state index contributed by atoms with van der Waals surface area (Å²) in [5.41, 5.74) is 2.95. The van der Waals surface area contributed by atoms with E-state index in [4.69, 9.17) is 4.74 Å². The van der Waals surface area contributed by atoms with Gasteiger partial charge in [-0.25, -0.2) is 12.8 Å². The molecule has 2 aromatic carbocycles. The number of sulfonamides is 1. The molecule has 158 valence electrons. The Balaban J connectivity index is 1.87. The van der Waals surface area contributed by atoms with Gasteiger partial charge in [-0.1, -0.05) is 13.0 Å². The number of hydrogen-bond donors (Lipinski definition) is 2. The molecule has 0 saturated carbocycles. The van der Waals surface area contributed by atoms with Gasteiger partial charge in [-0.15, -0.1) is 0 Å². The first-order valence-electron chi connectivity index (χ1n) is 9.24. The highest BCUT2D eigenvalue weighted by Crippen LogP contribution is 2.29. The van der Waals surface area contributed by atoms with Crippen LogP contribution in [0.15, 0.2) is 48.5 Å². The third kappa shape index (κ3) is 4.71. The number of carbonyl (C=O) groups is 1. The minimum absolute atomic E-state index is 0.156. The zero-order valence-corrected chi connectivity index (χ0v) is 17.9. The number of H-pyrrole nitrogens is 1. The van der Waals surface area contributed by atoms with Crippen LogP contribution in [0.2, 0.25) is 0 Å². The number of nitrogens with one attached hydrogen (secondary N) is 2. The lowest BCUT2D eigenvalue weighted by Gasteiger charge is -2.13. The molecule has 0 spiro atoms. The van der Waals surface area contributed by atoms with Gasteiger partial charge < -0.3 is 9.72 Å². The molecule has 0 radical (unpaired) electrons. The average molecular weight is 431 g/mol. The van der Waals surface area contributed by atoms with Crippen LogP contribution in [0, 0.1) is 12.7 Å². The first-order chi connectivity index (χ1) is 14.1. The normalized spacial score (nSPS) is 12.4. The second-order valence-electron chi connectivity index (χ2n) is 7.17. The summed E-state index contributed by atoms with van der Waals surface area (Å²) >= 11 is 0. The zero-order valence-electron chi connectivity index (χ0n) is 17.1.